The molecule has 24 heavy (non-hydrogen) atoms. The molecule has 126 valence electrons. The standard InChI is InChI=1S/C17H19N3O3S/c1-11-15(12(2)20(3)19-11)16(21)18-10-17(22,13-6-7-23-9-13)14-5-4-8-24-14/h4-9,22H,10H2,1-3H3,(H,18,21)/t17-/m1/s1. The van der Waals surface area contributed by atoms with Crippen LogP contribution < -0.4 is 5.32 Å². The molecule has 0 bridgehead atoms. The molecule has 3 heterocycles. The van der Waals surface area contributed by atoms with Gasteiger partial charge in [-0.2, -0.15) is 5.10 Å². The Labute approximate surface area is 143 Å². The Morgan fingerprint density at radius 3 is 2.79 bits per heavy atom. The first-order chi connectivity index (χ1) is 11.4. The van der Waals surface area contributed by atoms with Crippen molar-refractivity contribution in [2.24, 2.45) is 7.05 Å². The minimum Gasteiger partial charge on any atom is -0.472 e. The molecule has 0 spiro atoms. The van der Waals surface area contributed by atoms with E-state index in [9.17, 15) is 9.90 Å². The van der Waals surface area contributed by atoms with Crippen LogP contribution in [0.25, 0.3) is 0 Å². The summed E-state index contributed by atoms with van der Waals surface area (Å²) in [6.07, 6.45) is 3.00. The summed E-state index contributed by atoms with van der Waals surface area (Å²) in [4.78, 5) is 13.3. The Kier molecular flexibility index (Phi) is 4.29. The molecule has 3 aromatic heterocycles. The van der Waals surface area contributed by atoms with E-state index in [1.165, 1.54) is 23.9 Å². The lowest BCUT2D eigenvalue weighted by atomic mass is 9.94. The number of nitrogens with zero attached hydrogens (tertiary/aromatic N) is 2. The molecule has 7 heteroatoms. The Hall–Kier alpha value is -2.38. The number of carbonyl (C=O) groups is 1. The van der Waals surface area contributed by atoms with Crippen LogP contribution in [0.2, 0.25) is 0 Å². The van der Waals surface area contributed by atoms with E-state index in [0.717, 1.165) is 10.6 Å². The number of nitrogens with one attached hydrogen (secondary N) is 1. The molecule has 0 aliphatic carbocycles. The van der Waals surface area contributed by atoms with Crippen molar-refractivity contribution in [2.75, 3.05) is 6.54 Å². The predicted octanol–water partition coefficient (Wildman–Crippen LogP) is 2.36. The van der Waals surface area contributed by atoms with E-state index in [4.69, 9.17) is 4.42 Å². The molecule has 0 aliphatic rings. The second kappa shape index (κ2) is 6.26. The summed E-state index contributed by atoms with van der Waals surface area (Å²) in [5, 5.41) is 20.2. The number of amides is 1. The van der Waals surface area contributed by atoms with Gasteiger partial charge in [-0.3, -0.25) is 9.48 Å². The van der Waals surface area contributed by atoms with Crippen molar-refractivity contribution < 1.29 is 14.3 Å². The van der Waals surface area contributed by atoms with Crippen molar-refractivity contribution in [1.29, 1.82) is 0 Å². The van der Waals surface area contributed by atoms with Gasteiger partial charge in [-0.05, 0) is 31.4 Å². The van der Waals surface area contributed by atoms with Crippen LogP contribution in [0.4, 0.5) is 0 Å². The predicted molar refractivity (Wildman–Crippen MR) is 91.0 cm³/mol. The van der Waals surface area contributed by atoms with E-state index in [0.29, 0.717) is 16.8 Å². The fraction of sp³-hybridized carbons (Fsp3) is 0.294. The Morgan fingerprint density at radius 2 is 2.25 bits per heavy atom. The zero-order valence-electron chi connectivity index (χ0n) is 13.7. The summed E-state index contributed by atoms with van der Waals surface area (Å²) in [5.74, 6) is -0.253. The smallest absolute Gasteiger partial charge is 0.255 e. The van der Waals surface area contributed by atoms with Crippen LogP contribution in [0.5, 0.6) is 0 Å². The summed E-state index contributed by atoms with van der Waals surface area (Å²) in [7, 11) is 1.80. The van der Waals surface area contributed by atoms with Gasteiger partial charge in [-0.15, -0.1) is 11.3 Å². The molecule has 2 N–H and O–H groups in total. The first-order valence-corrected chi connectivity index (χ1v) is 8.39. The SMILES string of the molecule is Cc1nn(C)c(C)c1C(=O)NC[C@@](O)(c1ccoc1)c1cccs1. The highest BCUT2D eigenvalue weighted by Gasteiger charge is 2.34. The second-order valence-electron chi connectivity index (χ2n) is 5.70. The minimum absolute atomic E-state index is 0.0413. The van der Waals surface area contributed by atoms with Crippen LogP contribution >= 0.6 is 11.3 Å². The molecule has 3 rings (SSSR count). The molecule has 0 aliphatic heterocycles. The summed E-state index contributed by atoms with van der Waals surface area (Å²) >= 11 is 1.43. The van der Waals surface area contributed by atoms with E-state index < -0.39 is 5.60 Å². The summed E-state index contributed by atoms with van der Waals surface area (Å²) in [6.45, 7) is 3.68. The van der Waals surface area contributed by atoms with Gasteiger partial charge in [-0.25, -0.2) is 0 Å². The molecule has 0 saturated carbocycles. The first kappa shape index (κ1) is 16.5. The van der Waals surface area contributed by atoms with Gasteiger partial charge < -0.3 is 14.8 Å². The van der Waals surface area contributed by atoms with E-state index in [-0.39, 0.29) is 12.5 Å². The van der Waals surface area contributed by atoms with Gasteiger partial charge in [0.2, 0.25) is 0 Å². The molecular weight excluding hydrogens is 326 g/mol. The maximum atomic E-state index is 12.6. The molecule has 1 amide bonds. The lowest BCUT2D eigenvalue weighted by molar-refractivity contribution is 0.0713. The molecule has 0 fully saturated rings. The third kappa shape index (κ3) is 2.76. The first-order valence-electron chi connectivity index (χ1n) is 7.51. The number of thiophene rings is 1. The zero-order valence-corrected chi connectivity index (χ0v) is 14.6. The van der Waals surface area contributed by atoms with Crippen molar-refractivity contribution >= 4 is 17.2 Å². The summed E-state index contributed by atoms with van der Waals surface area (Å²) < 4.78 is 6.78. The highest BCUT2D eigenvalue weighted by atomic mass is 32.1. The van der Waals surface area contributed by atoms with Gasteiger partial charge in [0, 0.05) is 23.2 Å². The Morgan fingerprint density at radius 1 is 1.46 bits per heavy atom. The van der Waals surface area contributed by atoms with E-state index in [1.54, 1.807) is 24.7 Å². The fourth-order valence-electron chi connectivity index (χ4n) is 2.74. The van der Waals surface area contributed by atoms with Crippen molar-refractivity contribution in [3.8, 4) is 0 Å². The minimum atomic E-state index is -1.33. The molecule has 1 atom stereocenters. The highest BCUT2D eigenvalue weighted by molar-refractivity contribution is 7.10. The lowest BCUT2D eigenvalue weighted by Crippen LogP contribution is -2.41. The maximum absolute atomic E-state index is 12.6. The molecule has 0 aromatic carbocycles. The zero-order chi connectivity index (χ0) is 17.3. The maximum Gasteiger partial charge on any atom is 0.255 e. The molecule has 6 nitrogen and oxygen atoms in total. The van der Waals surface area contributed by atoms with Crippen molar-refractivity contribution in [3.05, 3.63) is 63.5 Å². The number of rotatable bonds is 5. The van der Waals surface area contributed by atoms with Crippen molar-refractivity contribution in [1.82, 2.24) is 15.1 Å². The number of aryl methyl sites for hydroxylation is 2. The molecular formula is C17H19N3O3S. The van der Waals surface area contributed by atoms with Gasteiger partial charge >= 0.3 is 0 Å². The van der Waals surface area contributed by atoms with Crippen LogP contribution in [-0.2, 0) is 12.6 Å². The third-order valence-electron chi connectivity index (χ3n) is 4.17. The van der Waals surface area contributed by atoms with Crippen LogP contribution in [0.15, 0.2) is 40.5 Å². The van der Waals surface area contributed by atoms with Crippen LogP contribution in [0.1, 0.15) is 32.2 Å². The van der Waals surface area contributed by atoms with Crippen LogP contribution in [-0.4, -0.2) is 27.3 Å². The van der Waals surface area contributed by atoms with Crippen molar-refractivity contribution in [3.63, 3.8) is 0 Å². The van der Waals surface area contributed by atoms with E-state index in [1.807, 2.05) is 24.4 Å². The quantitative estimate of drug-likeness (QED) is 0.744. The van der Waals surface area contributed by atoms with Gasteiger partial charge in [0.05, 0.1) is 30.3 Å². The average Bonchev–Trinajstić information content (AvgIpc) is 3.28. The fourth-order valence-corrected chi connectivity index (χ4v) is 3.59. The number of hydrogen-bond acceptors (Lipinski definition) is 5. The molecule has 3 aromatic rings. The Bertz CT molecular complexity index is 801. The van der Waals surface area contributed by atoms with Gasteiger partial charge in [0.1, 0.15) is 5.60 Å². The summed E-state index contributed by atoms with van der Waals surface area (Å²) in [5.41, 5.74) is 1.26. The number of carbonyl (C=O) groups excluding carboxylic acids is 1. The van der Waals surface area contributed by atoms with Gasteiger partial charge in [-0.1, -0.05) is 6.07 Å². The number of aromatic nitrogens is 2. The second-order valence-corrected chi connectivity index (χ2v) is 6.65. The molecule has 0 saturated heterocycles. The van der Waals surface area contributed by atoms with E-state index >= 15 is 0 Å². The summed E-state index contributed by atoms with van der Waals surface area (Å²) in [6, 6.07) is 5.40. The molecule has 0 radical (unpaired) electrons. The number of aliphatic hydroxyl groups is 1. The van der Waals surface area contributed by atoms with E-state index in [2.05, 4.69) is 10.4 Å². The van der Waals surface area contributed by atoms with Crippen LogP contribution in [0.3, 0.4) is 0 Å². The largest absolute Gasteiger partial charge is 0.472 e. The number of hydrogen-bond donors (Lipinski definition) is 2. The third-order valence-corrected chi connectivity index (χ3v) is 5.19. The highest BCUT2D eigenvalue weighted by Crippen LogP contribution is 2.32. The molecule has 0 unspecified atom stereocenters. The average molecular weight is 345 g/mol. The topological polar surface area (TPSA) is 80.3 Å². The Balaban J connectivity index is 1.86. The van der Waals surface area contributed by atoms with Crippen molar-refractivity contribution in [2.45, 2.75) is 19.4 Å². The van der Waals surface area contributed by atoms with Gasteiger partial charge in [0.25, 0.3) is 5.91 Å². The monoisotopic (exact) mass is 345 g/mol. The van der Waals surface area contributed by atoms with Crippen LogP contribution in [0, 0.1) is 13.8 Å². The lowest BCUT2D eigenvalue weighted by Gasteiger charge is -2.26. The van der Waals surface area contributed by atoms with Gasteiger partial charge in [0.15, 0.2) is 0 Å². The number of furan rings is 1. The normalized spacial score (nSPS) is 13.7.